The van der Waals surface area contributed by atoms with Crippen LogP contribution in [0.1, 0.15) is 138 Å². The maximum atomic E-state index is 6.60. The highest BCUT2D eigenvalue weighted by molar-refractivity contribution is 4.82. The van der Waals surface area contributed by atoms with Crippen molar-refractivity contribution in [2.24, 2.45) is 11.8 Å². The van der Waals surface area contributed by atoms with Crippen molar-refractivity contribution < 1.29 is 14.2 Å². The molecule has 1 unspecified atom stereocenters. The van der Waals surface area contributed by atoms with Crippen molar-refractivity contribution in [3.05, 3.63) is 0 Å². The Hall–Kier alpha value is -0.120. The molecule has 0 aliphatic heterocycles. The SMILES string of the molecule is CCCCCCCCC(C1CCCCCCC1)C(OC(C)C)(OC(C)C)OC(C)C. The second-order valence-electron chi connectivity index (χ2n) is 10.4. The highest BCUT2D eigenvalue weighted by Crippen LogP contribution is 2.43. The Labute approximate surface area is 189 Å². The molecular formula is C27H54O3. The summed E-state index contributed by atoms with van der Waals surface area (Å²) in [6, 6.07) is 0. The fourth-order valence-electron chi connectivity index (χ4n) is 5.07. The van der Waals surface area contributed by atoms with Crippen LogP contribution in [-0.2, 0) is 14.2 Å². The highest BCUT2D eigenvalue weighted by atomic mass is 16.9. The first-order chi connectivity index (χ1) is 14.3. The second kappa shape index (κ2) is 15.6. The summed E-state index contributed by atoms with van der Waals surface area (Å²) in [5, 5.41) is 0. The first-order valence-corrected chi connectivity index (χ1v) is 13.3. The Morgan fingerprint density at radius 3 is 1.53 bits per heavy atom. The summed E-state index contributed by atoms with van der Waals surface area (Å²) in [4.78, 5) is 0. The van der Waals surface area contributed by atoms with Crippen molar-refractivity contribution in [3.63, 3.8) is 0 Å². The zero-order chi connectivity index (χ0) is 22.4. The van der Waals surface area contributed by atoms with E-state index in [-0.39, 0.29) is 18.3 Å². The molecular weight excluding hydrogens is 372 g/mol. The summed E-state index contributed by atoms with van der Waals surface area (Å²) >= 11 is 0. The molecule has 1 rings (SSSR count). The quantitative estimate of drug-likeness (QED) is 0.194. The smallest absolute Gasteiger partial charge is 0.286 e. The van der Waals surface area contributed by atoms with Crippen molar-refractivity contribution in [1.29, 1.82) is 0 Å². The van der Waals surface area contributed by atoms with Crippen LogP contribution in [0.5, 0.6) is 0 Å². The van der Waals surface area contributed by atoms with Gasteiger partial charge < -0.3 is 14.2 Å². The number of hydrogen-bond acceptors (Lipinski definition) is 3. The molecule has 0 saturated heterocycles. The third-order valence-electron chi connectivity index (χ3n) is 6.24. The molecule has 1 saturated carbocycles. The molecule has 1 fully saturated rings. The van der Waals surface area contributed by atoms with E-state index in [9.17, 15) is 0 Å². The lowest BCUT2D eigenvalue weighted by molar-refractivity contribution is -0.438. The van der Waals surface area contributed by atoms with Crippen LogP contribution in [0.3, 0.4) is 0 Å². The molecule has 3 nitrogen and oxygen atoms in total. The number of rotatable bonds is 15. The maximum Gasteiger partial charge on any atom is 0.286 e. The Morgan fingerprint density at radius 1 is 0.633 bits per heavy atom. The van der Waals surface area contributed by atoms with Gasteiger partial charge >= 0.3 is 0 Å². The topological polar surface area (TPSA) is 27.7 Å². The van der Waals surface area contributed by atoms with Crippen LogP contribution >= 0.6 is 0 Å². The fraction of sp³-hybridized carbons (Fsp3) is 1.00. The van der Waals surface area contributed by atoms with E-state index in [1.807, 2.05) is 0 Å². The molecule has 0 radical (unpaired) electrons. The summed E-state index contributed by atoms with van der Waals surface area (Å²) in [6.07, 6.45) is 18.7. The van der Waals surface area contributed by atoms with E-state index < -0.39 is 5.97 Å². The Kier molecular flexibility index (Phi) is 14.6. The molecule has 1 aliphatic rings. The summed E-state index contributed by atoms with van der Waals surface area (Å²) in [5.74, 6) is -0.00443. The van der Waals surface area contributed by atoms with Crippen molar-refractivity contribution in [2.75, 3.05) is 0 Å². The van der Waals surface area contributed by atoms with Gasteiger partial charge in [0.2, 0.25) is 0 Å². The van der Waals surface area contributed by atoms with E-state index in [2.05, 4.69) is 48.5 Å². The van der Waals surface area contributed by atoms with Crippen LogP contribution in [0.15, 0.2) is 0 Å². The Balaban J connectivity index is 3.09. The van der Waals surface area contributed by atoms with Crippen molar-refractivity contribution >= 4 is 0 Å². The highest BCUT2D eigenvalue weighted by Gasteiger charge is 2.48. The van der Waals surface area contributed by atoms with Gasteiger partial charge in [-0.25, -0.2) is 0 Å². The average molecular weight is 427 g/mol. The predicted octanol–water partition coefficient (Wildman–Crippen LogP) is 8.64. The normalized spacial score (nSPS) is 18.2. The minimum atomic E-state index is -0.927. The van der Waals surface area contributed by atoms with Crippen LogP contribution in [0, 0.1) is 11.8 Å². The fourth-order valence-corrected chi connectivity index (χ4v) is 5.07. The van der Waals surface area contributed by atoms with Gasteiger partial charge in [-0.3, -0.25) is 0 Å². The van der Waals surface area contributed by atoms with Crippen molar-refractivity contribution in [2.45, 2.75) is 163 Å². The lowest BCUT2D eigenvalue weighted by Crippen LogP contribution is -2.53. The van der Waals surface area contributed by atoms with Gasteiger partial charge in [0.15, 0.2) is 0 Å². The van der Waals surface area contributed by atoms with Gasteiger partial charge in [-0.15, -0.1) is 0 Å². The standard InChI is InChI=1S/C27H54O3/c1-8-9-10-11-15-18-21-26(25-19-16-13-12-14-17-20-25)27(28-22(2)3,29-23(4)5)30-24(6)7/h22-26H,8-21H2,1-7H3. The monoisotopic (exact) mass is 426 g/mol. The van der Waals surface area contributed by atoms with Crippen LogP contribution < -0.4 is 0 Å². The number of hydrogen-bond donors (Lipinski definition) is 0. The van der Waals surface area contributed by atoms with E-state index >= 15 is 0 Å². The van der Waals surface area contributed by atoms with Crippen LogP contribution in [-0.4, -0.2) is 24.3 Å². The summed E-state index contributed by atoms with van der Waals surface area (Å²) < 4.78 is 19.8. The van der Waals surface area contributed by atoms with Gasteiger partial charge in [-0.1, -0.05) is 77.6 Å². The molecule has 0 aromatic rings. The lowest BCUT2D eigenvalue weighted by atomic mass is 9.77. The van der Waals surface area contributed by atoms with Crippen molar-refractivity contribution in [3.8, 4) is 0 Å². The van der Waals surface area contributed by atoms with Gasteiger partial charge in [0.1, 0.15) is 0 Å². The summed E-state index contributed by atoms with van der Waals surface area (Å²) in [6.45, 7) is 15.0. The first kappa shape index (κ1) is 27.9. The molecule has 0 N–H and O–H groups in total. The van der Waals surface area contributed by atoms with Crippen LogP contribution in [0.4, 0.5) is 0 Å². The van der Waals surface area contributed by atoms with Gasteiger partial charge in [0.25, 0.3) is 5.97 Å². The molecule has 180 valence electrons. The zero-order valence-electron chi connectivity index (χ0n) is 21.5. The van der Waals surface area contributed by atoms with Gasteiger partial charge in [-0.05, 0) is 66.7 Å². The van der Waals surface area contributed by atoms with E-state index in [4.69, 9.17) is 14.2 Å². The molecule has 0 spiro atoms. The predicted molar refractivity (Wildman–Crippen MR) is 129 cm³/mol. The third kappa shape index (κ3) is 11.0. The van der Waals surface area contributed by atoms with E-state index in [1.165, 1.54) is 83.5 Å². The largest absolute Gasteiger partial charge is 0.324 e. The summed E-state index contributed by atoms with van der Waals surface area (Å²) in [7, 11) is 0. The Bertz CT molecular complexity index is 370. The maximum absolute atomic E-state index is 6.60. The van der Waals surface area contributed by atoms with Gasteiger partial charge in [0, 0.05) is 5.92 Å². The molecule has 0 aromatic carbocycles. The molecule has 0 aromatic heterocycles. The first-order valence-electron chi connectivity index (χ1n) is 13.3. The average Bonchev–Trinajstić information content (AvgIpc) is 2.60. The molecule has 1 atom stereocenters. The lowest BCUT2D eigenvalue weighted by Gasteiger charge is -2.46. The van der Waals surface area contributed by atoms with Crippen molar-refractivity contribution in [1.82, 2.24) is 0 Å². The van der Waals surface area contributed by atoms with Crippen LogP contribution in [0.25, 0.3) is 0 Å². The summed E-state index contributed by atoms with van der Waals surface area (Å²) in [5.41, 5.74) is 0. The van der Waals surface area contributed by atoms with E-state index in [1.54, 1.807) is 0 Å². The molecule has 30 heavy (non-hydrogen) atoms. The Morgan fingerprint density at radius 2 is 1.07 bits per heavy atom. The zero-order valence-corrected chi connectivity index (χ0v) is 21.5. The molecule has 0 bridgehead atoms. The minimum absolute atomic E-state index is 0.0723. The van der Waals surface area contributed by atoms with Crippen LogP contribution in [0.2, 0.25) is 0 Å². The number of unbranched alkanes of at least 4 members (excludes halogenated alkanes) is 5. The van der Waals surface area contributed by atoms with E-state index in [0.29, 0.717) is 11.8 Å². The minimum Gasteiger partial charge on any atom is -0.324 e. The van der Waals surface area contributed by atoms with Gasteiger partial charge in [0.05, 0.1) is 18.3 Å². The molecule has 0 amide bonds. The van der Waals surface area contributed by atoms with Gasteiger partial charge in [-0.2, -0.15) is 0 Å². The molecule has 3 heteroatoms. The van der Waals surface area contributed by atoms with E-state index in [0.717, 1.165) is 6.42 Å². The number of ether oxygens (including phenoxy) is 3. The molecule has 0 heterocycles. The second-order valence-corrected chi connectivity index (χ2v) is 10.4. The third-order valence-corrected chi connectivity index (χ3v) is 6.24. The molecule has 1 aliphatic carbocycles.